The van der Waals surface area contributed by atoms with Crippen molar-refractivity contribution in [2.24, 2.45) is 5.73 Å². The van der Waals surface area contributed by atoms with Crippen LogP contribution in [-0.2, 0) is 11.2 Å². The zero-order chi connectivity index (χ0) is 15.2. The first-order valence-corrected chi connectivity index (χ1v) is 8.03. The topological polar surface area (TPSA) is 68.0 Å². The number of thiazole rings is 1. The summed E-state index contributed by atoms with van der Waals surface area (Å²) >= 11 is 7.64. The Morgan fingerprint density at radius 1 is 1.48 bits per heavy atom. The Bertz CT molecular complexity index is 612. The normalized spacial score (nSPS) is 12.1. The second-order valence-electron chi connectivity index (χ2n) is 4.92. The highest BCUT2D eigenvalue weighted by atomic mass is 35.5. The van der Waals surface area contributed by atoms with E-state index in [4.69, 9.17) is 17.3 Å². The quantitative estimate of drug-likeness (QED) is 0.859. The fraction of sp³-hybridized carbons (Fsp3) is 0.333. The van der Waals surface area contributed by atoms with E-state index >= 15 is 0 Å². The Labute approximate surface area is 133 Å². The summed E-state index contributed by atoms with van der Waals surface area (Å²) in [5.74, 6) is -0.0355. The van der Waals surface area contributed by atoms with Crippen LogP contribution in [0.2, 0.25) is 5.02 Å². The van der Waals surface area contributed by atoms with E-state index in [2.05, 4.69) is 10.3 Å². The molecule has 1 aromatic heterocycles. The van der Waals surface area contributed by atoms with Gasteiger partial charge in [-0.25, -0.2) is 4.98 Å². The lowest BCUT2D eigenvalue weighted by molar-refractivity contribution is -0.120. The van der Waals surface area contributed by atoms with Crippen LogP contribution in [0.15, 0.2) is 29.6 Å². The molecule has 4 nitrogen and oxygen atoms in total. The van der Waals surface area contributed by atoms with Crippen LogP contribution in [0.3, 0.4) is 0 Å². The number of hydrogen-bond donors (Lipinski definition) is 2. The minimum Gasteiger partial charge on any atom is -0.356 e. The standard InChI is InChI=1S/C15H18ClN3OS/c1-10(17)6-7-18-14(20)8-11-9-21-15(19-11)12-4-2-3-5-13(12)16/h2-5,9-10H,6-8,17H2,1H3,(H,18,20). The molecule has 112 valence electrons. The fourth-order valence-corrected chi connectivity index (χ4v) is 2.95. The lowest BCUT2D eigenvalue weighted by Gasteiger charge is -2.06. The van der Waals surface area contributed by atoms with Gasteiger partial charge in [-0.2, -0.15) is 0 Å². The molecule has 0 aliphatic carbocycles. The maximum Gasteiger partial charge on any atom is 0.226 e. The number of halogens is 1. The Hall–Kier alpha value is -1.43. The first kappa shape index (κ1) is 15.9. The highest BCUT2D eigenvalue weighted by molar-refractivity contribution is 7.13. The van der Waals surface area contributed by atoms with Gasteiger partial charge in [0.2, 0.25) is 5.91 Å². The summed E-state index contributed by atoms with van der Waals surface area (Å²) in [5, 5.41) is 6.23. The van der Waals surface area contributed by atoms with Gasteiger partial charge < -0.3 is 11.1 Å². The molecular weight excluding hydrogens is 306 g/mol. The summed E-state index contributed by atoms with van der Waals surface area (Å²) < 4.78 is 0. The molecule has 21 heavy (non-hydrogen) atoms. The molecule has 1 aromatic carbocycles. The van der Waals surface area contributed by atoms with Crippen LogP contribution in [-0.4, -0.2) is 23.5 Å². The van der Waals surface area contributed by atoms with Crippen LogP contribution in [0.5, 0.6) is 0 Å². The average Bonchev–Trinajstić information content (AvgIpc) is 2.87. The van der Waals surface area contributed by atoms with Crippen LogP contribution < -0.4 is 11.1 Å². The Kier molecular flexibility index (Phi) is 5.73. The molecule has 2 rings (SSSR count). The highest BCUT2D eigenvalue weighted by Gasteiger charge is 2.10. The molecule has 0 radical (unpaired) electrons. The molecule has 1 unspecified atom stereocenters. The number of nitrogens with one attached hydrogen (secondary N) is 1. The molecule has 1 atom stereocenters. The Morgan fingerprint density at radius 3 is 2.95 bits per heavy atom. The molecule has 1 heterocycles. The first-order chi connectivity index (χ1) is 10.1. The summed E-state index contributed by atoms with van der Waals surface area (Å²) in [6, 6.07) is 7.65. The van der Waals surface area contributed by atoms with Crippen molar-refractivity contribution in [1.82, 2.24) is 10.3 Å². The summed E-state index contributed by atoms with van der Waals surface area (Å²) in [7, 11) is 0. The van der Waals surface area contributed by atoms with Gasteiger partial charge in [-0.1, -0.05) is 29.8 Å². The molecule has 0 saturated heterocycles. The predicted molar refractivity (Wildman–Crippen MR) is 87.5 cm³/mol. The monoisotopic (exact) mass is 323 g/mol. The van der Waals surface area contributed by atoms with E-state index < -0.39 is 0 Å². The zero-order valence-corrected chi connectivity index (χ0v) is 13.4. The maximum absolute atomic E-state index is 11.8. The number of aromatic nitrogens is 1. The zero-order valence-electron chi connectivity index (χ0n) is 11.8. The largest absolute Gasteiger partial charge is 0.356 e. The van der Waals surface area contributed by atoms with E-state index in [0.29, 0.717) is 11.6 Å². The molecule has 0 aliphatic heterocycles. The van der Waals surface area contributed by atoms with Crippen molar-refractivity contribution in [2.75, 3.05) is 6.54 Å². The second-order valence-corrected chi connectivity index (χ2v) is 6.18. The fourth-order valence-electron chi connectivity index (χ4n) is 1.81. The Balaban J connectivity index is 1.94. The molecule has 1 amide bonds. The minimum absolute atomic E-state index is 0.0355. The third-order valence-electron chi connectivity index (χ3n) is 2.92. The first-order valence-electron chi connectivity index (χ1n) is 6.78. The smallest absolute Gasteiger partial charge is 0.226 e. The number of rotatable bonds is 6. The third kappa shape index (κ3) is 4.81. The molecule has 0 aliphatic rings. The SMILES string of the molecule is CC(N)CCNC(=O)Cc1csc(-c2ccccc2Cl)n1. The Morgan fingerprint density at radius 2 is 2.24 bits per heavy atom. The van der Waals surface area contributed by atoms with E-state index in [1.54, 1.807) is 0 Å². The van der Waals surface area contributed by atoms with Gasteiger partial charge in [-0.05, 0) is 19.4 Å². The number of benzene rings is 1. The van der Waals surface area contributed by atoms with Gasteiger partial charge in [0.05, 0.1) is 17.1 Å². The van der Waals surface area contributed by atoms with Crippen molar-refractivity contribution >= 4 is 28.8 Å². The van der Waals surface area contributed by atoms with Crippen molar-refractivity contribution in [3.8, 4) is 10.6 Å². The van der Waals surface area contributed by atoms with Crippen molar-refractivity contribution in [2.45, 2.75) is 25.8 Å². The lowest BCUT2D eigenvalue weighted by atomic mass is 10.2. The van der Waals surface area contributed by atoms with Crippen LogP contribution in [0, 0.1) is 0 Å². The van der Waals surface area contributed by atoms with E-state index in [1.165, 1.54) is 11.3 Å². The molecule has 0 spiro atoms. The summed E-state index contributed by atoms with van der Waals surface area (Å²) in [6.07, 6.45) is 1.05. The van der Waals surface area contributed by atoms with E-state index in [1.807, 2.05) is 36.6 Å². The molecule has 0 saturated carbocycles. The third-order valence-corrected chi connectivity index (χ3v) is 4.17. The van der Waals surface area contributed by atoms with Crippen molar-refractivity contribution in [3.63, 3.8) is 0 Å². The van der Waals surface area contributed by atoms with Crippen LogP contribution in [0.4, 0.5) is 0 Å². The van der Waals surface area contributed by atoms with Gasteiger partial charge in [-0.15, -0.1) is 11.3 Å². The van der Waals surface area contributed by atoms with Crippen molar-refractivity contribution in [3.05, 3.63) is 40.4 Å². The van der Waals surface area contributed by atoms with E-state index in [0.717, 1.165) is 22.7 Å². The highest BCUT2D eigenvalue weighted by Crippen LogP contribution is 2.30. The lowest BCUT2D eigenvalue weighted by Crippen LogP contribution is -2.30. The number of carbonyl (C=O) groups excluding carboxylic acids is 1. The molecular formula is C15H18ClN3OS. The average molecular weight is 324 g/mol. The van der Waals surface area contributed by atoms with Gasteiger partial charge in [-0.3, -0.25) is 4.79 Å². The van der Waals surface area contributed by atoms with Gasteiger partial charge in [0, 0.05) is 23.5 Å². The molecule has 0 fully saturated rings. The second kappa shape index (κ2) is 7.54. The van der Waals surface area contributed by atoms with Crippen LogP contribution in [0.25, 0.3) is 10.6 Å². The molecule has 2 aromatic rings. The number of hydrogen-bond acceptors (Lipinski definition) is 4. The van der Waals surface area contributed by atoms with Crippen molar-refractivity contribution in [1.29, 1.82) is 0 Å². The maximum atomic E-state index is 11.8. The summed E-state index contributed by atoms with van der Waals surface area (Å²) in [6.45, 7) is 2.51. The summed E-state index contributed by atoms with van der Waals surface area (Å²) in [4.78, 5) is 16.3. The van der Waals surface area contributed by atoms with E-state index in [9.17, 15) is 4.79 Å². The van der Waals surface area contributed by atoms with E-state index in [-0.39, 0.29) is 18.4 Å². The number of nitrogens with zero attached hydrogens (tertiary/aromatic N) is 1. The summed E-state index contributed by atoms with van der Waals surface area (Å²) in [5.41, 5.74) is 7.29. The van der Waals surface area contributed by atoms with Gasteiger partial charge in [0.25, 0.3) is 0 Å². The van der Waals surface area contributed by atoms with Gasteiger partial charge in [0.15, 0.2) is 0 Å². The number of carbonyl (C=O) groups is 1. The molecule has 6 heteroatoms. The molecule has 3 N–H and O–H groups in total. The van der Waals surface area contributed by atoms with Crippen LogP contribution >= 0.6 is 22.9 Å². The predicted octanol–water partition coefficient (Wildman–Crippen LogP) is 2.86. The number of amides is 1. The van der Waals surface area contributed by atoms with Crippen molar-refractivity contribution < 1.29 is 4.79 Å². The number of nitrogens with two attached hydrogens (primary N) is 1. The van der Waals surface area contributed by atoms with Gasteiger partial charge >= 0.3 is 0 Å². The minimum atomic E-state index is -0.0355. The molecule has 0 bridgehead atoms. The van der Waals surface area contributed by atoms with Gasteiger partial charge in [0.1, 0.15) is 5.01 Å². The van der Waals surface area contributed by atoms with Crippen LogP contribution in [0.1, 0.15) is 19.0 Å².